The lowest BCUT2D eigenvalue weighted by Crippen LogP contribution is -2.29. The lowest BCUT2D eigenvalue weighted by molar-refractivity contribution is -0.121. The van der Waals surface area contributed by atoms with Crippen LogP contribution in [0.5, 0.6) is 0 Å². The molecule has 0 unspecified atom stereocenters. The molecule has 0 bridgehead atoms. The Hall–Kier alpha value is -2.70. The number of nitrogens with zero attached hydrogens (tertiary/aromatic N) is 3. The van der Waals surface area contributed by atoms with Crippen LogP contribution in [-0.2, 0) is 4.79 Å². The highest BCUT2D eigenvalue weighted by atomic mass is 16.1. The summed E-state index contributed by atoms with van der Waals surface area (Å²) in [5.41, 5.74) is 0. The highest BCUT2D eigenvalue weighted by molar-refractivity contribution is 5.76. The Bertz CT molecular complexity index is 627. The fraction of sp³-hybridized carbons (Fsp3) is 0.375. The van der Waals surface area contributed by atoms with Crippen molar-refractivity contribution in [3.8, 4) is 0 Å². The average Bonchev–Trinajstić information content (AvgIpc) is 3.38. The van der Waals surface area contributed by atoms with E-state index >= 15 is 0 Å². The van der Waals surface area contributed by atoms with E-state index in [-0.39, 0.29) is 5.91 Å². The summed E-state index contributed by atoms with van der Waals surface area (Å²) in [7, 11) is 0. The monoisotopic (exact) mass is 312 g/mol. The van der Waals surface area contributed by atoms with Crippen LogP contribution in [0.1, 0.15) is 19.3 Å². The van der Waals surface area contributed by atoms with Gasteiger partial charge >= 0.3 is 0 Å². The van der Waals surface area contributed by atoms with Crippen molar-refractivity contribution in [1.82, 2.24) is 20.5 Å². The molecule has 1 aliphatic rings. The Morgan fingerprint density at radius 1 is 1.04 bits per heavy atom. The van der Waals surface area contributed by atoms with E-state index in [1.807, 2.05) is 30.3 Å². The minimum absolute atomic E-state index is 0.135. The van der Waals surface area contributed by atoms with E-state index < -0.39 is 0 Å². The average molecular weight is 312 g/mol. The van der Waals surface area contributed by atoms with E-state index in [2.05, 4.69) is 31.1 Å². The molecule has 120 valence electrons. The summed E-state index contributed by atoms with van der Waals surface area (Å²) in [6.45, 7) is 1.21. The van der Waals surface area contributed by atoms with E-state index in [1.165, 1.54) is 12.8 Å². The minimum Gasteiger partial charge on any atom is -0.367 e. The summed E-state index contributed by atoms with van der Waals surface area (Å²) in [4.78, 5) is 15.7. The van der Waals surface area contributed by atoms with Gasteiger partial charge in [-0.25, -0.2) is 4.98 Å². The van der Waals surface area contributed by atoms with Gasteiger partial charge in [-0.1, -0.05) is 6.07 Å². The maximum atomic E-state index is 11.5. The number of hydrogen-bond acceptors (Lipinski definition) is 6. The first-order valence-corrected chi connectivity index (χ1v) is 7.82. The van der Waals surface area contributed by atoms with Gasteiger partial charge in [-0.2, -0.15) is 0 Å². The zero-order valence-electron chi connectivity index (χ0n) is 12.8. The van der Waals surface area contributed by atoms with Crippen molar-refractivity contribution in [2.75, 3.05) is 23.7 Å². The SMILES string of the molecule is O=C(CC1CC1)NCCNc1ccc(Nc2ccccn2)nn1. The van der Waals surface area contributed by atoms with Crippen LogP contribution < -0.4 is 16.0 Å². The molecule has 0 radical (unpaired) electrons. The van der Waals surface area contributed by atoms with Crippen molar-refractivity contribution in [3.05, 3.63) is 36.5 Å². The van der Waals surface area contributed by atoms with Crippen molar-refractivity contribution in [3.63, 3.8) is 0 Å². The Kier molecular flexibility index (Phi) is 4.98. The second kappa shape index (κ2) is 7.53. The lowest BCUT2D eigenvalue weighted by atomic mass is 10.3. The smallest absolute Gasteiger partial charge is 0.220 e. The van der Waals surface area contributed by atoms with Crippen LogP contribution in [0.3, 0.4) is 0 Å². The van der Waals surface area contributed by atoms with Gasteiger partial charge in [-0.15, -0.1) is 10.2 Å². The van der Waals surface area contributed by atoms with Crippen LogP contribution >= 0.6 is 0 Å². The third-order valence-electron chi connectivity index (χ3n) is 3.51. The molecule has 0 spiro atoms. The number of pyridine rings is 1. The van der Waals surface area contributed by atoms with Crippen molar-refractivity contribution in [1.29, 1.82) is 0 Å². The topological polar surface area (TPSA) is 91.8 Å². The van der Waals surface area contributed by atoms with Gasteiger partial charge in [0, 0.05) is 25.7 Å². The van der Waals surface area contributed by atoms with Crippen molar-refractivity contribution >= 4 is 23.4 Å². The molecule has 2 aromatic rings. The maximum Gasteiger partial charge on any atom is 0.220 e. The molecule has 7 heteroatoms. The summed E-state index contributed by atoms with van der Waals surface area (Å²) < 4.78 is 0. The first-order chi connectivity index (χ1) is 11.3. The molecule has 23 heavy (non-hydrogen) atoms. The van der Waals surface area contributed by atoms with Crippen LogP contribution in [0.4, 0.5) is 17.5 Å². The Balaban J connectivity index is 1.38. The molecule has 2 aromatic heterocycles. The normalized spacial score (nSPS) is 13.4. The molecule has 3 rings (SSSR count). The summed E-state index contributed by atoms with van der Waals surface area (Å²) in [5, 5.41) is 17.3. The number of aromatic nitrogens is 3. The van der Waals surface area contributed by atoms with Gasteiger partial charge in [0.15, 0.2) is 5.82 Å². The fourth-order valence-electron chi connectivity index (χ4n) is 2.11. The Labute approximate surface area is 134 Å². The number of nitrogens with one attached hydrogen (secondary N) is 3. The van der Waals surface area contributed by atoms with Gasteiger partial charge in [-0.05, 0) is 43.0 Å². The molecule has 0 saturated heterocycles. The van der Waals surface area contributed by atoms with Crippen LogP contribution in [0.15, 0.2) is 36.5 Å². The van der Waals surface area contributed by atoms with Gasteiger partial charge in [0.25, 0.3) is 0 Å². The number of amides is 1. The molecular weight excluding hydrogens is 292 g/mol. The summed E-state index contributed by atoms with van der Waals surface area (Å²) >= 11 is 0. The number of hydrogen-bond donors (Lipinski definition) is 3. The molecule has 1 saturated carbocycles. The number of carbonyl (C=O) groups is 1. The predicted molar refractivity (Wildman–Crippen MR) is 88.4 cm³/mol. The number of rotatable bonds is 8. The van der Waals surface area contributed by atoms with E-state index in [4.69, 9.17) is 0 Å². The van der Waals surface area contributed by atoms with Gasteiger partial charge < -0.3 is 16.0 Å². The Morgan fingerprint density at radius 3 is 2.57 bits per heavy atom. The highest BCUT2D eigenvalue weighted by Gasteiger charge is 2.23. The molecular formula is C16H20N6O. The molecule has 0 atom stereocenters. The fourth-order valence-corrected chi connectivity index (χ4v) is 2.11. The van der Waals surface area contributed by atoms with Gasteiger partial charge in [0.1, 0.15) is 11.6 Å². The van der Waals surface area contributed by atoms with E-state index in [0.29, 0.717) is 37.1 Å². The van der Waals surface area contributed by atoms with Gasteiger partial charge in [0.2, 0.25) is 5.91 Å². The summed E-state index contributed by atoms with van der Waals surface area (Å²) in [5.74, 6) is 2.78. The molecule has 1 aliphatic carbocycles. The summed E-state index contributed by atoms with van der Waals surface area (Å²) in [6, 6.07) is 9.28. The maximum absolute atomic E-state index is 11.5. The zero-order chi connectivity index (χ0) is 15.9. The van der Waals surface area contributed by atoms with Crippen LogP contribution in [-0.4, -0.2) is 34.2 Å². The third-order valence-corrected chi connectivity index (χ3v) is 3.51. The number of anilines is 3. The third kappa shape index (κ3) is 5.21. The van der Waals surface area contributed by atoms with Gasteiger partial charge in [0.05, 0.1) is 0 Å². The molecule has 1 amide bonds. The minimum atomic E-state index is 0.135. The van der Waals surface area contributed by atoms with Gasteiger partial charge in [-0.3, -0.25) is 4.79 Å². The molecule has 7 nitrogen and oxygen atoms in total. The van der Waals surface area contributed by atoms with E-state index in [0.717, 1.165) is 5.82 Å². The highest BCUT2D eigenvalue weighted by Crippen LogP contribution is 2.31. The first-order valence-electron chi connectivity index (χ1n) is 7.82. The zero-order valence-corrected chi connectivity index (χ0v) is 12.8. The predicted octanol–water partition coefficient (Wildman–Crippen LogP) is 1.94. The molecule has 0 aliphatic heterocycles. The van der Waals surface area contributed by atoms with Crippen LogP contribution in [0.2, 0.25) is 0 Å². The lowest BCUT2D eigenvalue weighted by Gasteiger charge is -2.08. The van der Waals surface area contributed by atoms with Crippen molar-refractivity contribution < 1.29 is 4.79 Å². The standard InChI is InChI=1S/C16H20N6O/c23-16(11-12-4-5-12)19-10-9-18-14-6-7-15(22-21-14)20-13-3-1-2-8-17-13/h1-3,6-8,12H,4-5,9-11H2,(H,18,21)(H,19,23)(H,17,20,22). The molecule has 0 aromatic carbocycles. The second-order valence-electron chi connectivity index (χ2n) is 5.57. The Morgan fingerprint density at radius 2 is 1.87 bits per heavy atom. The van der Waals surface area contributed by atoms with E-state index in [1.54, 1.807) is 6.20 Å². The summed E-state index contributed by atoms with van der Waals surface area (Å²) in [6.07, 6.45) is 4.76. The second-order valence-corrected chi connectivity index (χ2v) is 5.57. The van der Waals surface area contributed by atoms with Crippen LogP contribution in [0, 0.1) is 5.92 Å². The van der Waals surface area contributed by atoms with Crippen LogP contribution in [0.25, 0.3) is 0 Å². The molecule has 3 N–H and O–H groups in total. The largest absolute Gasteiger partial charge is 0.367 e. The van der Waals surface area contributed by atoms with Crippen molar-refractivity contribution in [2.45, 2.75) is 19.3 Å². The quantitative estimate of drug-likeness (QED) is 0.645. The molecule has 1 fully saturated rings. The van der Waals surface area contributed by atoms with E-state index in [9.17, 15) is 4.79 Å². The first kappa shape index (κ1) is 15.2. The number of carbonyl (C=O) groups excluding carboxylic acids is 1. The molecule has 2 heterocycles. The van der Waals surface area contributed by atoms with Crippen molar-refractivity contribution in [2.24, 2.45) is 5.92 Å².